The maximum absolute atomic E-state index is 5.63. The first kappa shape index (κ1) is 14.1. The van der Waals surface area contributed by atoms with Gasteiger partial charge in [-0.2, -0.15) is 4.98 Å². The average Bonchev–Trinajstić information content (AvgIpc) is 2.81. The van der Waals surface area contributed by atoms with Crippen molar-refractivity contribution in [2.75, 3.05) is 30.4 Å². The summed E-state index contributed by atoms with van der Waals surface area (Å²) in [4.78, 5) is 11.2. The third kappa shape index (κ3) is 3.35. The van der Waals surface area contributed by atoms with Gasteiger partial charge in [0.05, 0.1) is 12.1 Å². The Labute approximate surface area is 115 Å². The maximum Gasteiger partial charge on any atom is 0.224 e. The molecule has 0 radical (unpaired) electrons. The van der Waals surface area contributed by atoms with Gasteiger partial charge in [-0.3, -0.25) is 0 Å². The van der Waals surface area contributed by atoms with Gasteiger partial charge in [0.1, 0.15) is 5.82 Å². The minimum atomic E-state index is 0.257. The van der Waals surface area contributed by atoms with Crippen LogP contribution < -0.4 is 10.2 Å². The second kappa shape index (κ2) is 6.19. The SMILES string of the molecule is CCCNc1nc(C)cc(N(C)C2CCOC2C)n1. The first-order valence-corrected chi connectivity index (χ1v) is 7.05. The zero-order valence-electron chi connectivity index (χ0n) is 12.3. The van der Waals surface area contributed by atoms with Gasteiger partial charge in [-0.05, 0) is 26.7 Å². The molecule has 5 nitrogen and oxygen atoms in total. The summed E-state index contributed by atoms with van der Waals surface area (Å²) >= 11 is 0. The van der Waals surface area contributed by atoms with E-state index >= 15 is 0 Å². The Balaban J connectivity index is 2.16. The third-order valence-corrected chi connectivity index (χ3v) is 3.57. The fourth-order valence-electron chi connectivity index (χ4n) is 2.45. The van der Waals surface area contributed by atoms with Gasteiger partial charge < -0.3 is 15.0 Å². The molecule has 2 heterocycles. The molecule has 0 amide bonds. The monoisotopic (exact) mass is 264 g/mol. The number of nitrogens with one attached hydrogen (secondary N) is 1. The highest BCUT2D eigenvalue weighted by Crippen LogP contribution is 2.23. The number of hydrogen-bond donors (Lipinski definition) is 1. The minimum Gasteiger partial charge on any atom is -0.376 e. The van der Waals surface area contributed by atoms with Crippen LogP contribution in [0, 0.1) is 6.92 Å². The van der Waals surface area contributed by atoms with E-state index in [0.29, 0.717) is 6.04 Å². The van der Waals surface area contributed by atoms with Crippen LogP contribution in [0.1, 0.15) is 32.4 Å². The topological polar surface area (TPSA) is 50.3 Å². The van der Waals surface area contributed by atoms with E-state index in [-0.39, 0.29) is 6.10 Å². The summed E-state index contributed by atoms with van der Waals surface area (Å²) < 4.78 is 5.63. The molecule has 1 N–H and O–H groups in total. The largest absolute Gasteiger partial charge is 0.376 e. The van der Waals surface area contributed by atoms with Crippen molar-refractivity contribution in [2.45, 2.75) is 45.8 Å². The lowest BCUT2D eigenvalue weighted by Gasteiger charge is -2.28. The summed E-state index contributed by atoms with van der Waals surface area (Å²) in [6, 6.07) is 2.43. The molecule has 1 aliphatic rings. The van der Waals surface area contributed by atoms with Crippen molar-refractivity contribution in [3.05, 3.63) is 11.8 Å². The van der Waals surface area contributed by atoms with Crippen molar-refractivity contribution >= 4 is 11.8 Å². The Hall–Kier alpha value is -1.36. The summed E-state index contributed by atoms with van der Waals surface area (Å²) in [6.45, 7) is 7.99. The highest BCUT2D eigenvalue weighted by molar-refractivity contribution is 5.45. The van der Waals surface area contributed by atoms with Crippen molar-refractivity contribution < 1.29 is 4.74 Å². The molecule has 1 saturated heterocycles. The van der Waals surface area contributed by atoms with E-state index in [1.165, 1.54) is 0 Å². The smallest absolute Gasteiger partial charge is 0.224 e. The van der Waals surface area contributed by atoms with E-state index in [1.807, 2.05) is 13.0 Å². The quantitative estimate of drug-likeness (QED) is 0.883. The predicted octanol–water partition coefficient (Wildman–Crippen LogP) is 2.22. The molecule has 2 unspecified atom stereocenters. The second-order valence-corrected chi connectivity index (χ2v) is 5.16. The van der Waals surface area contributed by atoms with E-state index in [9.17, 15) is 0 Å². The van der Waals surface area contributed by atoms with Crippen LogP contribution in [0.15, 0.2) is 6.07 Å². The van der Waals surface area contributed by atoms with Gasteiger partial charge in [0, 0.05) is 32.0 Å². The average molecular weight is 264 g/mol. The number of hydrogen-bond acceptors (Lipinski definition) is 5. The van der Waals surface area contributed by atoms with Crippen molar-refractivity contribution in [3.8, 4) is 0 Å². The molecule has 19 heavy (non-hydrogen) atoms. The Kier molecular flexibility index (Phi) is 4.58. The zero-order chi connectivity index (χ0) is 13.8. The van der Waals surface area contributed by atoms with Gasteiger partial charge >= 0.3 is 0 Å². The Bertz CT molecular complexity index is 424. The molecule has 5 heteroatoms. The number of aromatic nitrogens is 2. The molecular weight excluding hydrogens is 240 g/mol. The number of likely N-dealkylation sites (N-methyl/N-ethyl adjacent to an activating group) is 1. The second-order valence-electron chi connectivity index (χ2n) is 5.16. The van der Waals surface area contributed by atoms with E-state index in [1.54, 1.807) is 0 Å². The number of nitrogens with zero attached hydrogens (tertiary/aromatic N) is 3. The minimum absolute atomic E-state index is 0.257. The summed E-state index contributed by atoms with van der Waals surface area (Å²) in [5, 5.41) is 3.25. The summed E-state index contributed by atoms with van der Waals surface area (Å²) in [5.74, 6) is 1.68. The standard InChI is InChI=1S/C14H24N4O/c1-5-7-15-14-16-10(2)9-13(17-14)18(4)12-6-8-19-11(12)3/h9,11-12H,5-8H2,1-4H3,(H,15,16,17). The summed E-state index contributed by atoms with van der Waals surface area (Å²) in [6.07, 6.45) is 2.38. The molecule has 0 aliphatic carbocycles. The molecule has 1 aromatic heterocycles. The van der Waals surface area contributed by atoms with E-state index in [0.717, 1.165) is 43.5 Å². The Morgan fingerprint density at radius 2 is 2.26 bits per heavy atom. The van der Waals surface area contributed by atoms with Gasteiger partial charge in [-0.1, -0.05) is 6.92 Å². The van der Waals surface area contributed by atoms with Gasteiger partial charge in [-0.25, -0.2) is 4.98 Å². The maximum atomic E-state index is 5.63. The molecule has 0 spiro atoms. The fraction of sp³-hybridized carbons (Fsp3) is 0.714. The number of ether oxygens (including phenoxy) is 1. The van der Waals surface area contributed by atoms with Crippen LogP contribution in [0.5, 0.6) is 0 Å². The molecule has 0 saturated carbocycles. The molecule has 2 atom stereocenters. The van der Waals surface area contributed by atoms with Crippen molar-refractivity contribution in [2.24, 2.45) is 0 Å². The summed E-state index contributed by atoms with van der Waals surface area (Å²) in [5.41, 5.74) is 0.988. The van der Waals surface area contributed by atoms with Crippen LogP contribution >= 0.6 is 0 Å². The fourth-order valence-corrected chi connectivity index (χ4v) is 2.45. The van der Waals surface area contributed by atoms with Crippen molar-refractivity contribution in [1.29, 1.82) is 0 Å². The van der Waals surface area contributed by atoms with Crippen LogP contribution in [-0.2, 0) is 4.74 Å². The first-order valence-electron chi connectivity index (χ1n) is 7.05. The molecule has 2 rings (SSSR count). The van der Waals surface area contributed by atoms with Gasteiger partial charge in [-0.15, -0.1) is 0 Å². The zero-order valence-corrected chi connectivity index (χ0v) is 12.3. The Morgan fingerprint density at radius 3 is 2.89 bits per heavy atom. The molecule has 1 fully saturated rings. The van der Waals surface area contributed by atoms with Gasteiger partial charge in [0.25, 0.3) is 0 Å². The van der Waals surface area contributed by atoms with E-state index in [4.69, 9.17) is 4.74 Å². The van der Waals surface area contributed by atoms with Crippen LogP contribution in [0.25, 0.3) is 0 Å². The number of rotatable bonds is 5. The lowest BCUT2D eigenvalue weighted by molar-refractivity contribution is 0.118. The predicted molar refractivity (Wildman–Crippen MR) is 77.8 cm³/mol. The van der Waals surface area contributed by atoms with Crippen LogP contribution in [-0.4, -0.2) is 42.3 Å². The highest BCUT2D eigenvalue weighted by Gasteiger charge is 2.28. The van der Waals surface area contributed by atoms with Gasteiger partial charge in [0.15, 0.2) is 0 Å². The van der Waals surface area contributed by atoms with Crippen LogP contribution in [0.2, 0.25) is 0 Å². The van der Waals surface area contributed by atoms with Crippen LogP contribution in [0.3, 0.4) is 0 Å². The van der Waals surface area contributed by atoms with E-state index in [2.05, 4.69) is 41.1 Å². The number of anilines is 2. The lowest BCUT2D eigenvalue weighted by Crippen LogP contribution is -2.37. The molecule has 0 bridgehead atoms. The molecule has 106 valence electrons. The first-order chi connectivity index (χ1) is 9.11. The molecular formula is C14H24N4O. The molecule has 0 aromatic carbocycles. The lowest BCUT2D eigenvalue weighted by atomic mass is 10.1. The van der Waals surface area contributed by atoms with Crippen LogP contribution in [0.4, 0.5) is 11.8 Å². The third-order valence-electron chi connectivity index (χ3n) is 3.57. The highest BCUT2D eigenvalue weighted by atomic mass is 16.5. The van der Waals surface area contributed by atoms with Gasteiger partial charge in [0.2, 0.25) is 5.95 Å². The molecule has 1 aromatic rings. The Morgan fingerprint density at radius 1 is 1.47 bits per heavy atom. The summed E-state index contributed by atoms with van der Waals surface area (Å²) in [7, 11) is 2.08. The van der Waals surface area contributed by atoms with Crippen molar-refractivity contribution in [1.82, 2.24) is 9.97 Å². The molecule has 1 aliphatic heterocycles. The van der Waals surface area contributed by atoms with Crippen molar-refractivity contribution in [3.63, 3.8) is 0 Å². The number of aryl methyl sites for hydroxylation is 1. The van der Waals surface area contributed by atoms with E-state index < -0.39 is 0 Å². The normalized spacial score (nSPS) is 22.5.